The van der Waals surface area contributed by atoms with E-state index in [9.17, 15) is 14.9 Å². The van der Waals surface area contributed by atoms with E-state index in [0.29, 0.717) is 11.3 Å². The fourth-order valence-corrected chi connectivity index (χ4v) is 2.86. The Morgan fingerprint density at radius 2 is 1.96 bits per heavy atom. The van der Waals surface area contributed by atoms with Gasteiger partial charge in [-0.05, 0) is 38.1 Å². The van der Waals surface area contributed by atoms with Gasteiger partial charge in [0.05, 0.1) is 22.4 Å². The summed E-state index contributed by atoms with van der Waals surface area (Å²) >= 11 is 0. The minimum absolute atomic E-state index is 0. The van der Waals surface area contributed by atoms with Crippen LogP contribution in [0.2, 0.25) is 0 Å². The number of piperidine rings is 1. The summed E-state index contributed by atoms with van der Waals surface area (Å²) in [5.74, 6) is -0.0601. The SMILES string of the molecule is CN(C(=O)c1cnn(-c2ccc([N+](=O)[O-])cc2)c1)C1CCNCC1.Cl. The van der Waals surface area contributed by atoms with Gasteiger partial charge in [0.1, 0.15) is 0 Å². The monoisotopic (exact) mass is 365 g/mol. The molecule has 1 saturated heterocycles. The first-order valence-corrected chi connectivity index (χ1v) is 7.83. The van der Waals surface area contributed by atoms with Crippen LogP contribution in [0.5, 0.6) is 0 Å². The van der Waals surface area contributed by atoms with Gasteiger partial charge in [0, 0.05) is 31.4 Å². The number of nitro benzene ring substituents is 1. The minimum atomic E-state index is -0.449. The van der Waals surface area contributed by atoms with Gasteiger partial charge in [0.25, 0.3) is 11.6 Å². The first-order valence-electron chi connectivity index (χ1n) is 7.83. The fraction of sp³-hybridized carbons (Fsp3) is 0.375. The lowest BCUT2D eigenvalue weighted by atomic mass is 10.0. The highest BCUT2D eigenvalue weighted by molar-refractivity contribution is 5.93. The molecule has 0 bridgehead atoms. The molecule has 1 aliphatic heterocycles. The number of benzene rings is 1. The highest BCUT2D eigenvalue weighted by Crippen LogP contribution is 2.17. The van der Waals surface area contributed by atoms with E-state index in [1.165, 1.54) is 18.3 Å². The Morgan fingerprint density at radius 1 is 1.32 bits per heavy atom. The molecule has 9 heteroatoms. The number of carbonyl (C=O) groups excluding carboxylic acids is 1. The molecule has 1 amide bonds. The number of amides is 1. The summed E-state index contributed by atoms with van der Waals surface area (Å²) < 4.78 is 1.55. The lowest BCUT2D eigenvalue weighted by Gasteiger charge is -2.31. The summed E-state index contributed by atoms with van der Waals surface area (Å²) in [5, 5.41) is 18.2. The van der Waals surface area contributed by atoms with Crippen LogP contribution in [0.25, 0.3) is 5.69 Å². The van der Waals surface area contributed by atoms with Crippen molar-refractivity contribution in [1.82, 2.24) is 20.0 Å². The number of hydrogen-bond donors (Lipinski definition) is 1. The maximum absolute atomic E-state index is 12.6. The molecule has 1 aromatic carbocycles. The Bertz CT molecular complexity index is 740. The third kappa shape index (κ3) is 4.15. The Kier molecular flexibility index (Phi) is 6.11. The van der Waals surface area contributed by atoms with Gasteiger partial charge in [-0.25, -0.2) is 4.68 Å². The first kappa shape index (κ1) is 18.9. The molecule has 1 fully saturated rings. The summed E-state index contributed by atoms with van der Waals surface area (Å²) in [5.41, 5.74) is 1.20. The van der Waals surface area contributed by atoms with E-state index in [4.69, 9.17) is 0 Å². The van der Waals surface area contributed by atoms with Crippen molar-refractivity contribution in [2.45, 2.75) is 18.9 Å². The zero-order valence-corrected chi connectivity index (χ0v) is 14.6. The summed E-state index contributed by atoms with van der Waals surface area (Å²) in [7, 11) is 1.82. The van der Waals surface area contributed by atoms with E-state index in [2.05, 4.69) is 10.4 Å². The molecule has 2 heterocycles. The lowest BCUT2D eigenvalue weighted by Crippen LogP contribution is -2.43. The highest BCUT2D eigenvalue weighted by atomic mass is 35.5. The number of nitrogens with one attached hydrogen (secondary N) is 1. The zero-order valence-electron chi connectivity index (χ0n) is 13.8. The van der Waals surface area contributed by atoms with E-state index in [1.54, 1.807) is 27.9 Å². The lowest BCUT2D eigenvalue weighted by molar-refractivity contribution is -0.384. The molecule has 0 radical (unpaired) electrons. The molecule has 0 saturated carbocycles. The molecule has 134 valence electrons. The number of non-ortho nitro benzene ring substituents is 1. The van der Waals surface area contributed by atoms with Gasteiger partial charge in [-0.15, -0.1) is 12.4 Å². The summed E-state index contributed by atoms with van der Waals surface area (Å²) in [6.45, 7) is 1.84. The fourth-order valence-electron chi connectivity index (χ4n) is 2.86. The van der Waals surface area contributed by atoms with Crippen molar-refractivity contribution < 1.29 is 9.72 Å². The van der Waals surface area contributed by atoms with Crippen molar-refractivity contribution in [2.75, 3.05) is 20.1 Å². The molecule has 25 heavy (non-hydrogen) atoms. The number of nitro groups is 1. The maximum atomic E-state index is 12.6. The van der Waals surface area contributed by atoms with Crippen molar-refractivity contribution in [2.24, 2.45) is 0 Å². The summed E-state index contributed by atoms with van der Waals surface area (Å²) in [6, 6.07) is 6.28. The van der Waals surface area contributed by atoms with Gasteiger partial charge in [-0.3, -0.25) is 14.9 Å². The molecule has 0 atom stereocenters. The number of hydrogen-bond acceptors (Lipinski definition) is 5. The molecule has 3 rings (SSSR count). The van der Waals surface area contributed by atoms with Crippen LogP contribution in [0.4, 0.5) is 5.69 Å². The largest absolute Gasteiger partial charge is 0.339 e. The second-order valence-electron chi connectivity index (χ2n) is 5.84. The van der Waals surface area contributed by atoms with Crippen LogP contribution >= 0.6 is 12.4 Å². The second-order valence-corrected chi connectivity index (χ2v) is 5.84. The number of halogens is 1. The van der Waals surface area contributed by atoms with Crippen molar-refractivity contribution in [1.29, 1.82) is 0 Å². The molecular weight excluding hydrogens is 346 g/mol. The number of rotatable bonds is 4. The smallest absolute Gasteiger partial charge is 0.269 e. The van der Waals surface area contributed by atoms with Gasteiger partial charge < -0.3 is 10.2 Å². The van der Waals surface area contributed by atoms with E-state index in [-0.39, 0.29) is 30.0 Å². The van der Waals surface area contributed by atoms with Crippen LogP contribution in [-0.4, -0.2) is 51.7 Å². The van der Waals surface area contributed by atoms with Crippen molar-refractivity contribution in [3.05, 3.63) is 52.3 Å². The van der Waals surface area contributed by atoms with Crippen LogP contribution in [-0.2, 0) is 0 Å². The molecule has 0 aliphatic carbocycles. The molecule has 1 aromatic heterocycles. The quantitative estimate of drug-likeness (QED) is 0.661. The van der Waals surface area contributed by atoms with E-state index < -0.39 is 4.92 Å². The molecule has 1 aliphatic rings. The van der Waals surface area contributed by atoms with Gasteiger partial charge in [-0.1, -0.05) is 0 Å². The van der Waals surface area contributed by atoms with Crippen LogP contribution in [0.15, 0.2) is 36.7 Å². The highest BCUT2D eigenvalue weighted by Gasteiger charge is 2.23. The number of nitrogens with zero attached hydrogens (tertiary/aromatic N) is 4. The Balaban J connectivity index is 0.00000225. The van der Waals surface area contributed by atoms with Crippen LogP contribution in [0.1, 0.15) is 23.2 Å². The van der Waals surface area contributed by atoms with Crippen molar-refractivity contribution in [3.63, 3.8) is 0 Å². The summed E-state index contributed by atoms with van der Waals surface area (Å²) in [4.78, 5) is 24.6. The van der Waals surface area contributed by atoms with Crippen LogP contribution in [0.3, 0.4) is 0 Å². The maximum Gasteiger partial charge on any atom is 0.269 e. The van der Waals surface area contributed by atoms with Gasteiger partial charge >= 0.3 is 0 Å². The molecule has 2 aromatic rings. The average Bonchev–Trinajstić information content (AvgIpc) is 3.11. The van der Waals surface area contributed by atoms with E-state index in [0.717, 1.165) is 25.9 Å². The number of carbonyl (C=O) groups is 1. The van der Waals surface area contributed by atoms with E-state index in [1.807, 2.05) is 7.05 Å². The standard InChI is InChI=1S/C16H19N5O3.ClH/c1-19(13-6-8-17-9-7-13)16(22)12-10-18-20(11-12)14-2-4-15(5-3-14)21(23)24;/h2-5,10-11,13,17H,6-9H2,1H3;1H. The third-order valence-electron chi connectivity index (χ3n) is 4.33. The van der Waals surface area contributed by atoms with Crippen LogP contribution < -0.4 is 5.32 Å². The van der Waals surface area contributed by atoms with Gasteiger partial charge in [-0.2, -0.15) is 5.10 Å². The molecule has 0 spiro atoms. The number of aromatic nitrogens is 2. The second kappa shape index (κ2) is 8.09. The molecular formula is C16H20ClN5O3. The van der Waals surface area contributed by atoms with E-state index >= 15 is 0 Å². The normalized spacial score (nSPS) is 14.6. The topological polar surface area (TPSA) is 93.3 Å². The average molecular weight is 366 g/mol. The Morgan fingerprint density at radius 3 is 2.56 bits per heavy atom. The predicted octanol–water partition coefficient (Wildman–Crippen LogP) is 2.03. The molecule has 1 N–H and O–H groups in total. The molecule has 8 nitrogen and oxygen atoms in total. The Labute approximate surface area is 151 Å². The van der Waals surface area contributed by atoms with Crippen molar-refractivity contribution in [3.8, 4) is 5.69 Å². The predicted molar refractivity (Wildman–Crippen MR) is 95.5 cm³/mol. The third-order valence-corrected chi connectivity index (χ3v) is 4.33. The van der Waals surface area contributed by atoms with Crippen molar-refractivity contribution >= 4 is 24.0 Å². The molecule has 0 unspecified atom stereocenters. The summed E-state index contributed by atoms with van der Waals surface area (Å²) in [6.07, 6.45) is 5.07. The Hall–Kier alpha value is -2.45. The van der Waals surface area contributed by atoms with Gasteiger partial charge in [0.15, 0.2) is 0 Å². The van der Waals surface area contributed by atoms with Gasteiger partial charge in [0.2, 0.25) is 0 Å². The first-order chi connectivity index (χ1) is 11.6. The zero-order chi connectivity index (χ0) is 17.1. The minimum Gasteiger partial charge on any atom is -0.339 e. The van der Waals surface area contributed by atoms with Crippen LogP contribution in [0, 0.1) is 10.1 Å².